The van der Waals surface area contributed by atoms with Gasteiger partial charge in [-0.1, -0.05) is 35.9 Å². The predicted octanol–water partition coefficient (Wildman–Crippen LogP) is 6.34. The fraction of sp³-hybridized carbons (Fsp3) is 0.625. The first kappa shape index (κ1) is 19.2. The van der Waals surface area contributed by atoms with Gasteiger partial charge in [0.1, 0.15) is 6.10 Å². The zero-order valence-electron chi connectivity index (χ0n) is 16.3. The molecular formula is C24H34O2. The molecule has 2 aliphatic rings. The number of hydrogen-bond acceptors (Lipinski definition) is 2. The maximum absolute atomic E-state index is 11.8. The monoisotopic (exact) mass is 354 g/mol. The first-order valence-electron chi connectivity index (χ1n) is 10.5. The molecule has 0 unspecified atom stereocenters. The number of rotatable bonds is 6. The Kier molecular flexibility index (Phi) is 6.93. The number of carbonyl (C=O) groups is 1. The summed E-state index contributed by atoms with van der Waals surface area (Å²) in [6.07, 6.45) is 13.1. The lowest BCUT2D eigenvalue weighted by Crippen LogP contribution is -2.29. The summed E-state index contributed by atoms with van der Waals surface area (Å²) in [7, 11) is 0. The Morgan fingerprint density at radius 2 is 1.58 bits per heavy atom. The van der Waals surface area contributed by atoms with Crippen molar-refractivity contribution in [2.24, 2.45) is 11.8 Å². The predicted molar refractivity (Wildman–Crippen MR) is 107 cm³/mol. The van der Waals surface area contributed by atoms with Crippen molar-refractivity contribution in [1.29, 1.82) is 0 Å². The topological polar surface area (TPSA) is 26.3 Å². The number of benzene rings is 1. The molecule has 142 valence electrons. The maximum atomic E-state index is 11.8. The van der Waals surface area contributed by atoms with E-state index in [2.05, 4.69) is 37.8 Å². The molecular weight excluding hydrogens is 320 g/mol. The van der Waals surface area contributed by atoms with Crippen LogP contribution in [0.3, 0.4) is 0 Å². The Hall–Kier alpha value is -1.57. The molecule has 0 heterocycles. The number of aryl methyl sites for hydroxylation is 1. The normalized spacial score (nSPS) is 29.1. The van der Waals surface area contributed by atoms with Crippen LogP contribution in [-0.2, 0) is 9.53 Å². The highest BCUT2D eigenvalue weighted by atomic mass is 16.5. The molecule has 2 heteroatoms. The van der Waals surface area contributed by atoms with Crippen LogP contribution in [0.4, 0.5) is 0 Å². The summed E-state index contributed by atoms with van der Waals surface area (Å²) in [5, 5.41) is 0. The first-order valence-corrected chi connectivity index (χ1v) is 10.5. The number of ether oxygens (including phenoxy) is 1. The third kappa shape index (κ3) is 5.22. The molecule has 3 rings (SSSR count). The molecule has 0 amide bonds. The van der Waals surface area contributed by atoms with E-state index >= 15 is 0 Å². The highest BCUT2D eigenvalue weighted by Crippen LogP contribution is 2.43. The molecule has 0 radical (unpaired) electrons. The van der Waals surface area contributed by atoms with Crippen LogP contribution < -0.4 is 0 Å². The van der Waals surface area contributed by atoms with Gasteiger partial charge in [-0.2, -0.15) is 0 Å². The van der Waals surface area contributed by atoms with Gasteiger partial charge in [-0.25, -0.2) is 0 Å². The molecule has 0 aliphatic heterocycles. The van der Waals surface area contributed by atoms with Crippen molar-refractivity contribution in [3.63, 3.8) is 0 Å². The summed E-state index contributed by atoms with van der Waals surface area (Å²) in [4.78, 5) is 11.8. The quantitative estimate of drug-likeness (QED) is 0.440. The van der Waals surface area contributed by atoms with Crippen LogP contribution in [0, 0.1) is 18.8 Å². The van der Waals surface area contributed by atoms with E-state index in [0.717, 1.165) is 37.0 Å². The van der Waals surface area contributed by atoms with Crippen molar-refractivity contribution in [2.75, 3.05) is 0 Å². The summed E-state index contributed by atoms with van der Waals surface area (Å²) >= 11 is 0. The molecule has 0 N–H and O–H groups in total. The van der Waals surface area contributed by atoms with Crippen LogP contribution in [0.15, 0.2) is 36.9 Å². The molecule has 2 saturated carbocycles. The molecule has 0 spiro atoms. The third-order valence-electron chi connectivity index (χ3n) is 6.56. The summed E-state index contributed by atoms with van der Waals surface area (Å²) in [6, 6.07) is 9.15. The average Bonchev–Trinajstić information content (AvgIpc) is 2.68. The van der Waals surface area contributed by atoms with E-state index in [9.17, 15) is 4.79 Å². The van der Waals surface area contributed by atoms with E-state index in [1.54, 1.807) is 6.08 Å². The minimum absolute atomic E-state index is 0.0491. The summed E-state index contributed by atoms with van der Waals surface area (Å²) in [5.41, 5.74) is 2.88. The van der Waals surface area contributed by atoms with Gasteiger partial charge in [-0.05, 0) is 88.0 Å². The van der Waals surface area contributed by atoms with Gasteiger partial charge in [0.25, 0.3) is 0 Å². The standard InChI is InChI=1S/C24H34O2/c1-3-4-5-24(25)26-23-16-14-22(15-17-23)21-12-10-20(11-13-21)19-8-6-18(2)7-9-19/h3,6-9,20-23H,1,4-5,10-17H2,2H3/t20-,21-,22-,23-. The number of esters is 1. The van der Waals surface area contributed by atoms with Crippen LogP contribution in [0.5, 0.6) is 0 Å². The molecule has 0 bridgehead atoms. The first-order chi connectivity index (χ1) is 12.7. The largest absolute Gasteiger partial charge is 0.462 e. The van der Waals surface area contributed by atoms with Crippen molar-refractivity contribution in [3.8, 4) is 0 Å². The van der Waals surface area contributed by atoms with Gasteiger partial charge in [0.15, 0.2) is 0 Å². The van der Waals surface area contributed by atoms with Gasteiger partial charge in [0.05, 0.1) is 0 Å². The second-order valence-corrected chi connectivity index (χ2v) is 8.38. The number of allylic oxidation sites excluding steroid dienone is 1. The maximum Gasteiger partial charge on any atom is 0.306 e. The van der Waals surface area contributed by atoms with Crippen molar-refractivity contribution >= 4 is 5.97 Å². The zero-order chi connectivity index (χ0) is 18.4. The summed E-state index contributed by atoms with van der Waals surface area (Å²) < 4.78 is 5.63. The van der Waals surface area contributed by atoms with E-state index < -0.39 is 0 Å². The SMILES string of the molecule is C=CCCC(=O)O[C@H]1CC[C@H]([C@H]2CC[C@H](c3ccc(C)cc3)CC2)CC1. The van der Waals surface area contributed by atoms with Crippen molar-refractivity contribution in [3.05, 3.63) is 48.0 Å². The van der Waals surface area contributed by atoms with Crippen LogP contribution in [0.1, 0.15) is 81.3 Å². The molecule has 1 aromatic rings. The molecule has 2 nitrogen and oxygen atoms in total. The zero-order valence-corrected chi connectivity index (χ0v) is 16.3. The lowest BCUT2D eigenvalue weighted by atomic mass is 9.69. The van der Waals surface area contributed by atoms with Crippen LogP contribution in [-0.4, -0.2) is 12.1 Å². The summed E-state index contributed by atoms with van der Waals surface area (Å²) in [5.74, 6) is 2.44. The van der Waals surface area contributed by atoms with Crippen molar-refractivity contribution in [1.82, 2.24) is 0 Å². The van der Waals surface area contributed by atoms with Gasteiger partial charge in [-0.15, -0.1) is 6.58 Å². The van der Waals surface area contributed by atoms with Crippen LogP contribution in [0.25, 0.3) is 0 Å². The highest BCUT2D eigenvalue weighted by molar-refractivity contribution is 5.69. The Balaban J connectivity index is 1.40. The van der Waals surface area contributed by atoms with Crippen LogP contribution in [0.2, 0.25) is 0 Å². The molecule has 2 aliphatic carbocycles. The van der Waals surface area contributed by atoms with Gasteiger partial charge in [0, 0.05) is 6.42 Å². The van der Waals surface area contributed by atoms with E-state index in [-0.39, 0.29) is 12.1 Å². The Labute approximate surface area is 159 Å². The van der Waals surface area contributed by atoms with Crippen LogP contribution >= 0.6 is 0 Å². The Morgan fingerprint density at radius 3 is 2.15 bits per heavy atom. The van der Waals surface area contributed by atoms with Gasteiger partial charge >= 0.3 is 5.97 Å². The van der Waals surface area contributed by atoms with E-state index in [1.807, 2.05) is 0 Å². The molecule has 0 saturated heterocycles. The molecule has 1 aromatic carbocycles. The van der Waals surface area contributed by atoms with Gasteiger partial charge in [0.2, 0.25) is 0 Å². The Morgan fingerprint density at radius 1 is 1.00 bits per heavy atom. The lowest BCUT2D eigenvalue weighted by molar-refractivity contribution is -0.151. The Bertz CT molecular complexity index is 573. The molecule has 26 heavy (non-hydrogen) atoms. The molecule has 2 fully saturated rings. The minimum atomic E-state index is -0.0491. The van der Waals surface area contributed by atoms with Gasteiger partial charge in [-0.3, -0.25) is 4.79 Å². The van der Waals surface area contributed by atoms with E-state index in [4.69, 9.17) is 4.74 Å². The van der Waals surface area contributed by atoms with Crippen molar-refractivity contribution in [2.45, 2.75) is 83.2 Å². The lowest BCUT2D eigenvalue weighted by Gasteiger charge is -2.37. The van der Waals surface area contributed by atoms with E-state index in [1.165, 1.54) is 49.7 Å². The number of hydrogen-bond donors (Lipinski definition) is 0. The highest BCUT2D eigenvalue weighted by Gasteiger charge is 2.32. The van der Waals surface area contributed by atoms with Crippen molar-refractivity contribution < 1.29 is 9.53 Å². The van der Waals surface area contributed by atoms with Gasteiger partial charge < -0.3 is 4.74 Å². The third-order valence-corrected chi connectivity index (χ3v) is 6.56. The fourth-order valence-corrected chi connectivity index (χ4v) is 4.91. The number of carbonyl (C=O) groups excluding carboxylic acids is 1. The second-order valence-electron chi connectivity index (χ2n) is 8.38. The van der Waals surface area contributed by atoms with E-state index in [0.29, 0.717) is 6.42 Å². The second kappa shape index (κ2) is 9.39. The average molecular weight is 355 g/mol. The molecule has 0 atom stereocenters. The summed E-state index contributed by atoms with van der Waals surface area (Å²) in [6.45, 7) is 5.82. The minimum Gasteiger partial charge on any atom is -0.462 e. The smallest absolute Gasteiger partial charge is 0.306 e. The molecule has 0 aromatic heterocycles. The fourth-order valence-electron chi connectivity index (χ4n) is 4.91.